The molecule has 0 atom stereocenters. The van der Waals surface area contributed by atoms with E-state index in [1.807, 2.05) is 24.9 Å². The lowest BCUT2D eigenvalue weighted by molar-refractivity contribution is -0.384. The molecule has 0 saturated carbocycles. The maximum absolute atomic E-state index is 10.8. The molecule has 0 saturated heterocycles. The van der Waals surface area contributed by atoms with Crippen LogP contribution in [0.5, 0.6) is 0 Å². The predicted octanol–water partition coefficient (Wildman–Crippen LogP) is 1.30. The van der Waals surface area contributed by atoms with Crippen LogP contribution in [-0.4, -0.2) is 25.1 Å². The highest BCUT2D eigenvalue weighted by Crippen LogP contribution is 2.30. The van der Waals surface area contributed by atoms with E-state index in [1.165, 1.54) is 6.07 Å². The van der Waals surface area contributed by atoms with Gasteiger partial charge in [0, 0.05) is 26.2 Å². The van der Waals surface area contributed by atoms with Crippen molar-refractivity contribution >= 4 is 11.4 Å². The van der Waals surface area contributed by atoms with Gasteiger partial charge in [-0.15, -0.1) is 0 Å². The second kappa shape index (κ2) is 4.75. The largest absolute Gasteiger partial charge is 0.368 e. The number of aryl methyl sites for hydroxylation is 1. The molecule has 0 amide bonds. The Bertz CT molecular complexity index is 366. The van der Waals surface area contributed by atoms with Gasteiger partial charge in [0.2, 0.25) is 0 Å². The molecule has 0 radical (unpaired) electrons. The molecule has 0 spiro atoms. The standard InChI is InChI=1S/C10H15N3O2/c1-8-4-3-5-9(13(14)15)10(8)12(2)7-6-11/h3-5H,6-7,11H2,1-2H3. The zero-order valence-electron chi connectivity index (χ0n) is 8.93. The molecule has 0 bridgehead atoms. The molecule has 1 rings (SSSR count). The van der Waals surface area contributed by atoms with Gasteiger partial charge in [-0.25, -0.2) is 0 Å². The molecule has 0 aliphatic carbocycles. The SMILES string of the molecule is Cc1cccc([N+](=O)[O-])c1N(C)CCN. The van der Waals surface area contributed by atoms with E-state index in [9.17, 15) is 10.1 Å². The number of rotatable bonds is 4. The fourth-order valence-corrected chi connectivity index (χ4v) is 1.59. The highest BCUT2D eigenvalue weighted by molar-refractivity contribution is 5.67. The quantitative estimate of drug-likeness (QED) is 0.599. The van der Waals surface area contributed by atoms with Crippen molar-refractivity contribution in [3.05, 3.63) is 33.9 Å². The number of anilines is 1. The van der Waals surface area contributed by atoms with Gasteiger partial charge in [0.05, 0.1) is 4.92 Å². The van der Waals surface area contributed by atoms with Crippen molar-refractivity contribution in [2.75, 3.05) is 25.0 Å². The van der Waals surface area contributed by atoms with Crippen LogP contribution < -0.4 is 10.6 Å². The van der Waals surface area contributed by atoms with Crippen molar-refractivity contribution in [2.45, 2.75) is 6.92 Å². The first-order valence-electron chi connectivity index (χ1n) is 4.73. The van der Waals surface area contributed by atoms with E-state index < -0.39 is 0 Å². The number of para-hydroxylation sites is 1. The number of nitrogens with two attached hydrogens (primary N) is 1. The minimum Gasteiger partial charge on any atom is -0.368 e. The Labute approximate surface area is 88.6 Å². The van der Waals surface area contributed by atoms with Crippen molar-refractivity contribution in [2.24, 2.45) is 5.73 Å². The van der Waals surface area contributed by atoms with Gasteiger partial charge in [-0.3, -0.25) is 10.1 Å². The van der Waals surface area contributed by atoms with Crippen molar-refractivity contribution in [3.63, 3.8) is 0 Å². The van der Waals surface area contributed by atoms with Crippen LogP contribution in [-0.2, 0) is 0 Å². The summed E-state index contributed by atoms with van der Waals surface area (Å²) in [5.41, 5.74) is 7.10. The summed E-state index contributed by atoms with van der Waals surface area (Å²) in [5, 5.41) is 10.8. The Morgan fingerprint density at radius 3 is 2.73 bits per heavy atom. The predicted molar refractivity (Wildman–Crippen MR) is 60.2 cm³/mol. The Balaban J connectivity index is 3.18. The molecule has 0 heterocycles. The number of benzene rings is 1. The highest BCUT2D eigenvalue weighted by atomic mass is 16.6. The molecule has 15 heavy (non-hydrogen) atoms. The third-order valence-electron chi connectivity index (χ3n) is 2.26. The summed E-state index contributed by atoms with van der Waals surface area (Å²) in [4.78, 5) is 12.3. The van der Waals surface area contributed by atoms with E-state index in [-0.39, 0.29) is 10.6 Å². The van der Waals surface area contributed by atoms with Crippen LogP contribution in [0.1, 0.15) is 5.56 Å². The zero-order chi connectivity index (χ0) is 11.4. The van der Waals surface area contributed by atoms with Gasteiger partial charge >= 0.3 is 0 Å². The molecule has 0 fully saturated rings. The molecule has 2 N–H and O–H groups in total. The summed E-state index contributed by atoms with van der Waals surface area (Å²) < 4.78 is 0. The molecule has 1 aromatic rings. The molecule has 0 aliphatic heterocycles. The van der Waals surface area contributed by atoms with E-state index in [4.69, 9.17) is 5.73 Å². The Kier molecular flexibility index (Phi) is 3.62. The molecular formula is C10H15N3O2. The smallest absolute Gasteiger partial charge is 0.292 e. The number of nitro benzene ring substituents is 1. The first-order chi connectivity index (χ1) is 7.07. The van der Waals surface area contributed by atoms with E-state index in [1.54, 1.807) is 6.07 Å². The first kappa shape index (κ1) is 11.5. The average molecular weight is 209 g/mol. The Hall–Kier alpha value is -1.62. The van der Waals surface area contributed by atoms with Crippen LogP contribution in [0.4, 0.5) is 11.4 Å². The number of hydrogen-bond donors (Lipinski definition) is 1. The number of nitro groups is 1. The summed E-state index contributed by atoms with van der Waals surface area (Å²) in [6.45, 7) is 2.93. The van der Waals surface area contributed by atoms with Crippen LogP contribution in [0, 0.1) is 17.0 Å². The van der Waals surface area contributed by atoms with E-state index in [0.717, 1.165) is 5.56 Å². The summed E-state index contributed by atoms with van der Waals surface area (Å²) in [6, 6.07) is 5.05. The van der Waals surface area contributed by atoms with Crippen molar-refractivity contribution in [1.29, 1.82) is 0 Å². The van der Waals surface area contributed by atoms with Crippen molar-refractivity contribution in [1.82, 2.24) is 0 Å². The Morgan fingerprint density at radius 2 is 2.20 bits per heavy atom. The zero-order valence-corrected chi connectivity index (χ0v) is 8.93. The summed E-state index contributed by atoms with van der Waals surface area (Å²) >= 11 is 0. The van der Waals surface area contributed by atoms with Crippen LogP contribution in [0.15, 0.2) is 18.2 Å². The minimum absolute atomic E-state index is 0.131. The maximum atomic E-state index is 10.8. The van der Waals surface area contributed by atoms with Gasteiger partial charge in [-0.1, -0.05) is 12.1 Å². The highest BCUT2D eigenvalue weighted by Gasteiger charge is 2.18. The van der Waals surface area contributed by atoms with E-state index >= 15 is 0 Å². The topological polar surface area (TPSA) is 72.4 Å². The molecule has 1 aromatic carbocycles. The van der Waals surface area contributed by atoms with E-state index in [0.29, 0.717) is 18.8 Å². The summed E-state index contributed by atoms with van der Waals surface area (Å²) in [6.07, 6.45) is 0. The molecule has 5 nitrogen and oxygen atoms in total. The molecular weight excluding hydrogens is 194 g/mol. The van der Waals surface area contributed by atoms with E-state index in [2.05, 4.69) is 0 Å². The number of hydrogen-bond acceptors (Lipinski definition) is 4. The summed E-state index contributed by atoms with van der Waals surface area (Å²) in [5.74, 6) is 0. The molecule has 0 aliphatic rings. The molecule has 5 heteroatoms. The van der Waals surface area contributed by atoms with Gasteiger partial charge in [0.25, 0.3) is 5.69 Å². The molecule has 0 aromatic heterocycles. The van der Waals surface area contributed by atoms with Gasteiger partial charge in [-0.2, -0.15) is 0 Å². The number of nitrogens with zero attached hydrogens (tertiary/aromatic N) is 2. The minimum atomic E-state index is -0.366. The maximum Gasteiger partial charge on any atom is 0.292 e. The van der Waals surface area contributed by atoms with Gasteiger partial charge in [0.15, 0.2) is 0 Å². The van der Waals surface area contributed by atoms with Crippen LogP contribution in [0.3, 0.4) is 0 Å². The second-order valence-corrected chi connectivity index (χ2v) is 3.41. The normalized spacial score (nSPS) is 10.1. The van der Waals surface area contributed by atoms with Gasteiger partial charge in [0.1, 0.15) is 5.69 Å². The first-order valence-corrected chi connectivity index (χ1v) is 4.73. The van der Waals surface area contributed by atoms with Crippen molar-refractivity contribution < 1.29 is 4.92 Å². The third kappa shape index (κ3) is 2.44. The fraction of sp³-hybridized carbons (Fsp3) is 0.400. The van der Waals surface area contributed by atoms with Gasteiger partial charge < -0.3 is 10.6 Å². The van der Waals surface area contributed by atoms with Crippen LogP contribution in [0.25, 0.3) is 0 Å². The number of likely N-dealkylation sites (N-methyl/N-ethyl adjacent to an activating group) is 1. The lowest BCUT2D eigenvalue weighted by Gasteiger charge is -2.20. The molecule has 0 unspecified atom stereocenters. The lowest BCUT2D eigenvalue weighted by atomic mass is 10.1. The average Bonchev–Trinajstić information content (AvgIpc) is 2.17. The lowest BCUT2D eigenvalue weighted by Crippen LogP contribution is -2.26. The van der Waals surface area contributed by atoms with Crippen molar-refractivity contribution in [3.8, 4) is 0 Å². The molecule has 82 valence electrons. The summed E-state index contributed by atoms with van der Waals surface area (Å²) in [7, 11) is 1.81. The second-order valence-electron chi connectivity index (χ2n) is 3.41. The van der Waals surface area contributed by atoms with Crippen LogP contribution >= 0.6 is 0 Å². The fourth-order valence-electron chi connectivity index (χ4n) is 1.59. The third-order valence-corrected chi connectivity index (χ3v) is 2.26. The van der Waals surface area contributed by atoms with Crippen LogP contribution in [0.2, 0.25) is 0 Å². The Morgan fingerprint density at radius 1 is 1.53 bits per heavy atom. The van der Waals surface area contributed by atoms with Gasteiger partial charge in [-0.05, 0) is 12.5 Å². The monoisotopic (exact) mass is 209 g/mol.